The first-order valence-corrected chi connectivity index (χ1v) is 28.2. The monoisotopic (exact) mass is 1120 g/mol. The summed E-state index contributed by atoms with van der Waals surface area (Å²) in [5.74, 6) is 0. The molecule has 0 saturated heterocycles. The van der Waals surface area contributed by atoms with Gasteiger partial charge in [-0.05, 0) is 94.5 Å². The van der Waals surface area contributed by atoms with Crippen LogP contribution >= 0.6 is 0 Å². The van der Waals surface area contributed by atoms with E-state index in [4.69, 9.17) is 41.9 Å². The number of fused-ring (bicyclic) bond motifs is 4. The van der Waals surface area contributed by atoms with Gasteiger partial charge in [0.15, 0.2) is 0 Å². The molecule has 4 spiro atoms. The number of nitrogens with zero attached hydrogens (tertiary/aromatic N) is 12. The van der Waals surface area contributed by atoms with Crippen LogP contribution in [0.5, 0.6) is 0 Å². The van der Waals surface area contributed by atoms with E-state index < -0.39 is 0 Å². The van der Waals surface area contributed by atoms with Crippen LogP contribution in [-0.4, -0.2) is 111 Å². The summed E-state index contributed by atoms with van der Waals surface area (Å²) in [6, 6.07) is 26.6. The van der Waals surface area contributed by atoms with Gasteiger partial charge in [-0.15, -0.1) is 0 Å². The topological polar surface area (TPSA) is 294 Å². The summed E-state index contributed by atoms with van der Waals surface area (Å²) in [5, 5.41) is 0. The Morgan fingerprint density at radius 1 is 0.310 bits per heavy atom. The smallest absolute Gasteiger partial charge is 0.282 e. The van der Waals surface area contributed by atoms with Gasteiger partial charge in [0.05, 0.1) is 0 Å². The number of hydrogen-bond acceptors (Lipinski definition) is 20. The third-order valence-electron chi connectivity index (χ3n) is 18.0. The van der Waals surface area contributed by atoms with E-state index in [0.717, 1.165) is 73.6 Å². The van der Waals surface area contributed by atoms with E-state index in [1.54, 1.807) is 25.3 Å². The van der Waals surface area contributed by atoms with Crippen LogP contribution in [0.4, 0.5) is 0 Å². The van der Waals surface area contributed by atoms with E-state index in [9.17, 15) is 0 Å². The highest BCUT2D eigenvalue weighted by atomic mass is 16.5. The summed E-state index contributed by atoms with van der Waals surface area (Å²) in [5.41, 5.74) is 41.4. The first-order chi connectivity index (χ1) is 40.7. The van der Waals surface area contributed by atoms with Crippen LogP contribution in [0.15, 0.2) is 168 Å². The lowest BCUT2D eigenvalue weighted by atomic mass is 9.90. The molecule has 8 atom stereocenters. The van der Waals surface area contributed by atoms with Gasteiger partial charge in [-0.2, -0.15) is 0 Å². The van der Waals surface area contributed by atoms with Crippen molar-refractivity contribution in [3.05, 3.63) is 192 Å². The van der Waals surface area contributed by atoms with Gasteiger partial charge in [-0.25, -0.2) is 59.8 Å². The van der Waals surface area contributed by atoms with E-state index in [1.807, 2.05) is 77.3 Å². The zero-order chi connectivity index (χ0) is 57.8. The summed E-state index contributed by atoms with van der Waals surface area (Å²) in [4.78, 5) is 51.3. The zero-order valence-electron chi connectivity index (χ0n) is 47.1. The summed E-state index contributed by atoms with van der Waals surface area (Å²) in [6.45, 7) is 8.17. The highest BCUT2D eigenvalue weighted by molar-refractivity contribution is 5.79. The van der Waals surface area contributed by atoms with E-state index in [1.165, 1.54) is 66.8 Å². The molecular formula is C64H64N16O4. The van der Waals surface area contributed by atoms with Gasteiger partial charge >= 0.3 is 0 Å². The van der Waals surface area contributed by atoms with Crippen molar-refractivity contribution in [2.45, 2.75) is 126 Å². The number of amidine groups is 4. The molecule has 4 aliphatic carbocycles. The predicted molar refractivity (Wildman–Crippen MR) is 319 cm³/mol. The quantitative estimate of drug-likeness (QED) is 0.140. The number of aromatic nitrogens is 8. The maximum absolute atomic E-state index is 5.77. The molecule has 0 radical (unpaired) electrons. The maximum Gasteiger partial charge on any atom is 0.282 e. The van der Waals surface area contributed by atoms with Crippen LogP contribution in [-0.2, 0) is 70.3 Å². The lowest BCUT2D eigenvalue weighted by Gasteiger charge is -2.23. The molecule has 0 unspecified atom stereocenters. The summed E-state index contributed by atoms with van der Waals surface area (Å²) in [7, 11) is 0. The molecule has 0 saturated carbocycles. The molecule has 0 fully saturated rings. The minimum Gasteiger partial charge on any atom is -0.460 e. The number of nitrogens with two attached hydrogens (primary N) is 4. The molecule has 8 aromatic rings. The average Bonchev–Trinajstić information content (AvgIpc) is 3.10. The van der Waals surface area contributed by atoms with Crippen molar-refractivity contribution in [3.8, 4) is 44.5 Å². The second kappa shape index (κ2) is 21.2. The van der Waals surface area contributed by atoms with Crippen molar-refractivity contribution in [3.63, 3.8) is 0 Å². The van der Waals surface area contributed by atoms with Crippen molar-refractivity contribution in [2.75, 3.05) is 0 Å². The third kappa shape index (κ3) is 9.73. The molecule has 4 aromatic carbocycles. The zero-order valence-corrected chi connectivity index (χ0v) is 47.1. The molecule has 0 bridgehead atoms. The maximum atomic E-state index is 5.77. The lowest BCUT2D eigenvalue weighted by molar-refractivity contribution is 0.157. The fraction of sp³-hybridized carbons (Fsp3) is 0.312. The molecule has 8 N–H and O–H groups in total. The summed E-state index contributed by atoms with van der Waals surface area (Å²) < 4.78 is 22.3. The summed E-state index contributed by atoms with van der Waals surface area (Å²) >= 11 is 0. The molecule has 424 valence electrons. The molecule has 4 aliphatic heterocycles. The van der Waals surface area contributed by atoms with E-state index in [2.05, 4.69) is 133 Å². The van der Waals surface area contributed by atoms with E-state index in [0.29, 0.717) is 24.1 Å². The second-order valence-corrected chi connectivity index (χ2v) is 23.0. The Morgan fingerprint density at radius 3 is 0.690 bits per heavy atom. The SMILES string of the molecule is C[C@@H]1OC(N)=N[C@@]12Cc1cccc(-c3cncnc3)c1C2.C[C@@H]1OC(N)=N[C@]12Cc1cccc(-c3cncnc3)c1C2.C[C@H]1OC(N)=N[C@@]12Cc1cccc(-c3cncnc3)c1C2.C[C@H]1OC(N)=N[C@]12Cc1cccc(-c3cncnc3)c1C2. The number of benzene rings is 4. The highest BCUT2D eigenvalue weighted by Gasteiger charge is 2.51. The standard InChI is InChI=1S/4C16H16N4O/c4*1-10-16(20-15(17)21-10)5-11-3-2-4-13(14(11)6-16)12-7-18-9-19-8-12/h4*2-4,7-10H,5-6H2,1H3,(H2,17,20)/t2*10-,16+;2*10-,16-/m1010/s1. The van der Waals surface area contributed by atoms with Crippen LogP contribution in [0.3, 0.4) is 0 Å². The second-order valence-electron chi connectivity index (χ2n) is 23.0. The van der Waals surface area contributed by atoms with Gasteiger partial charge in [0.25, 0.3) is 24.1 Å². The highest BCUT2D eigenvalue weighted by Crippen LogP contribution is 2.47. The average molecular weight is 1120 g/mol. The molecule has 4 aromatic heterocycles. The molecule has 84 heavy (non-hydrogen) atoms. The number of rotatable bonds is 4. The van der Waals surface area contributed by atoms with Crippen molar-refractivity contribution in [1.29, 1.82) is 0 Å². The first kappa shape index (κ1) is 53.6. The van der Waals surface area contributed by atoms with Gasteiger partial charge < -0.3 is 41.9 Å². The fourth-order valence-electron chi connectivity index (χ4n) is 13.6. The van der Waals surface area contributed by atoms with Crippen molar-refractivity contribution in [1.82, 2.24) is 39.9 Å². The number of ether oxygens (including phenoxy) is 4. The molecule has 16 rings (SSSR count). The molecule has 8 aliphatic rings. The van der Waals surface area contributed by atoms with Gasteiger partial charge in [0.1, 0.15) is 71.9 Å². The van der Waals surface area contributed by atoms with Gasteiger partial charge in [0, 0.05) is 123 Å². The molecule has 20 heteroatoms. The summed E-state index contributed by atoms with van der Waals surface area (Å²) in [6.07, 6.45) is 27.8. The van der Waals surface area contributed by atoms with Crippen LogP contribution in [0.25, 0.3) is 44.5 Å². The Labute approximate surface area is 486 Å². The van der Waals surface area contributed by atoms with Gasteiger partial charge in [0.2, 0.25) is 0 Å². The Balaban J connectivity index is 0.000000104. The predicted octanol–water partition coefficient (Wildman–Crippen LogP) is 6.86. The van der Waals surface area contributed by atoms with E-state index in [-0.39, 0.29) is 46.6 Å². The van der Waals surface area contributed by atoms with Crippen LogP contribution in [0.2, 0.25) is 0 Å². The Kier molecular flexibility index (Phi) is 13.5. The number of hydrogen-bond donors (Lipinski definition) is 4. The normalized spacial score (nSPS) is 26.5. The number of aliphatic imine (C=N–C) groups is 4. The van der Waals surface area contributed by atoms with Gasteiger partial charge in [-0.1, -0.05) is 72.8 Å². The molecule has 8 heterocycles. The minimum absolute atomic E-state index is 0.00442. The van der Waals surface area contributed by atoms with Crippen molar-refractivity contribution in [2.24, 2.45) is 42.9 Å². The molecular weight excluding hydrogens is 1060 g/mol. The molecule has 0 amide bonds. The van der Waals surface area contributed by atoms with Crippen molar-refractivity contribution < 1.29 is 18.9 Å². The Hall–Kier alpha value is -9.72. The third-order valence-corrected chi connectivity index (χ3v) is 18.0. The van der Waals surface area contributed by atoms with Crippen LogP contribution in [0.1, 0.15) is 72.2 Å². The van der Waals surface area contributed by atoms with Crippen molar-refractivity contribution >= 4 is 24.1 Å². The first-order valence-electron chi connectivity index (χ1n) is 28.2. The van der Waals surface area contributed by atoms with Crippen LogP contribution < -0.4 is 22.9 Å². The fourth-order valence-corrected chi connectivity index (χ4v) is 13.6. The molecule has 20 nitrogen and oxygen atoms in total. The largest absolute Gasteiger partial charge is 0.460 e. The Morgan fingerprint density at radius 2 is 0.512 bits per heavy atom. The Bertz CT molecular complexity index is 3420. The van der Waals surface area contributed by atoms with Gasteiger partial charge in [-0.3, -0.25) is 0 Å². The van der Waals surface area contributed by atoms with Crippen LogP contribution in [0, 0.1) is 0 Å². The van der Waals surface area contributed by atoms with E-state index >= 15 is 0 Å². The lowest BCUT2D eigenvalue weighted by Crippen LogP contribution is -2.36. The minimum atomic E-state index is -0.252.